The quantitative estimate of drug-likeness (QED) is 0.317. The van der Waals surface area contributed by atoms with Crippen molar-refractivity contribution in [2.24, 2.45) is 17.8 Å². The summed E-state index contributed by atoms with van der Waals surface area (Å²) in [6, 6.07) is 9.61. The highest BCUT2D eigenvalue weighted by atomic mass is 19.1. The second kappa shape index (κ2) is 13.2. The Balaban J connectivity index is 1.64. The zero-order valence-corrected chi connectivity index (χ0v) is 17.7. The van der Waals surface area contributed by atoms with Gasteiger partial charge in [0.15, 0.2) is 0 Å². The highest BCUT2D eigenvalue weighted by Gasteiger charge is 2.28. The standard InChI is InChI=1S/C25H41FO/c1-3-5-6-7-9-12-21-15-17-23(18-16-21)22(4-2)19-24(26)20-27-25-13-10-8-11-14-25/h8,10-11,13-14,21-24H,3-7,9,12,15-20H2,1-2H3. The zero-order valence-electron chi connectivity index (χ0n) is 17.7. The van der Waals surface area contributed by atoms with Gasteiger partial charge in [-0.15, -0.1) is 0 Å². The SMILES string of the molecule is CCCCCCCC1CCC(C(CC)CC(F)COc2ccccc2)CC1. The fraction of sp³-hybridized carbons (Fsp3) is 0.760. The van der Waals surface area contributed by atoms with E-state index in [1.807, 2.05) is 30.3 Å². The van der Waals surface area contributed by atoms with E-state index < -0.39 is 6.17 Å². The van der Waals surface area contributed by atoms with Gasteiger partial charge in [0.25, 0.3) is 0 Å². The molecule has 0 N–H and O–H groups in total. The molecule has 1 fully saturated rings. The van der Waals surface area contributed by atoms with E-state index in [-0.39, 0.29) is 6.61 Å². The molecule has 1 saturated carbocycles. The number of hydrogen-bond acceptors (Lipinski definition) is 1. The molecule has 0 radical (unpaired) electrons. The van der Waals surface area contributed by atoms with Crippen molar-refractivity contribution in [1.29, 1.82) is 0 Å². The maximum Gasteiger partial charge on any atom is 0.134 e. The maximum atomic E-state index is 14.5. The number of halogens is 1. The number of hydrogen-bond donors (Lipinski definition) is 0. The van der Waals surface area contributed by atoms with Crippen LogP contribution in [0.1, 0.15) is 90.9 Å². The number of rotatable bonds is 13. The molecule has 0 saturated heterocycles. The van der Waals surface area contributed by atoms with Crippen LogP contribution in [-0.2, 0) is 0 Å². The van der Waals surface area contributed by atoms with Crippen molar-refractivity contribution in [1.82, 2.24) is 0 Å². The Kier molecular flexibility index (Phi) is 10.9. The second-order valence-electron chi connectivity index (χ2n) is 8.61. The predicted molar refractivity (Wildman–Crippen MR) is 114 cm³/mol. The van der Waals surface area contributed by atoms with Crippen LogP contribution in [0.4, 0.5) is 4.39 Å². The molecular formula is C25H41FO. The Morgan fingerprint density at radius 1 is 0.963 bits per heavy atom. The highest BCUT2D eigenvalue weighted by Crippen LogP contribution is 2.38. The first kappa shape index (κ1) is 22.2. The third-order valence-corrected chi connectivity index (χ3v) is 6.53. The lowest BCUT2D eigenvalue weighted by molar-refractivity contribution is 0.122. The van der Waals surface area contributed by atoms with Crippen molar-refractivity contribution in [3.8, 4) is 5.75 Å². The first-order valence-corrected chi connectivity index (χ1v) is 11.5. The van der Waals surface area contributed by atoms with Gasteiger partial charge >= 0.3 is 0 Å². The molecule has 0 bridgehead atoms. The Bertz CT molecular complexity index is 466. The number of para-hydroxylation sites is 1. The summed E-state index contributed by atoms with van der Waals surface area (Å²) in [6.07, 6.45) is 14.6. The summed E-state index contributed by atoms with van der Waals surface area (Å²) in [7, 11) is 0. The molecule has 2 unspecified atom stereocenters. The maximum absolute atomic E-state index is 14.5. The van der Waals surface area contributed by atoms with Crippen molar-refractivity contribution >= 4 is 0 Å². The normalized spacial score (nSPS) is 22.3. The van der Waals surface area contributed by atoms with Crippen LogP contribution in [0.3, 0.4) is 0 Å². The minimum atomic E-state index is -0.855. The molecule has 0 aromatic heterocycles. The molecule has 1 aromatic carbocycles. The first-order valence-electron chi connectivity index (χ1n) is 11.5. The Hall–Kier alpha value is -1.05. The van der Waals surface area contributed by atoms with E-state index in [4.69, 9.17) is 4.74 Å². The van der Waals surface area contributed by atoms with E-state index in [1.54, 1.807) is 0 Å². The molecule has 0 heterocycles. The molecule has 2 heteroatoms. The summed E-state index contributed by atoms with van der Waals surface area (Å²) >= 11 is 0. The van der Waals surface area contributed by atoms with Gasteiger partial charge in [-0.2, -0.15) is 0 Å². The molecular weight excluding hydrogens is 335 g/mol. The van der Waals surface area contributed by atoms with Crippen LogP contribution in [0.25, 0.3) is 0 Å². The fourth-order valence-electron chi connectivity index (χ4n) is 4.78. The molecule has 2 atom stereocenters. The van der Waals surface area contributed by atoms with Gasteiger partial charge in [-0.3, -0.25) is 0 Å². The van der Waals surface area contributed by atoms with E-state index in [0.717, 1.165) is 24.0 Å². The van der Waals surface area contributed by atoms with Crippen LogP contribution in [0.5, 0.6) is 5.75 Å². The minimum Gasteiger partial charge on any atom is -0.491 e. The lowest BCUT2D eigenvalue weighted by Gasteiger charge is -2.34. The number of alkyl halides is 1. The number of ether oxygens (including phenoxy) is 1. The third kappa shape index (κ3) is 8.66. The highest BCUT2D eigenvalue weighted by molar-refractivity contribution is 5.20. The van der Waals surface area contributed by atoms with Crippen molar-refractivity contribution in [3.63, 3.8) is 0 Å². The molecule has 0 amide bonds. The molecule has 1 aliphatic carbocycles. The fourth-order valence-corrected chi connectivity index (χ4v) is 4.78. The summed E-state index contributed by atoms with van der Waals surface area (Å²) in [6.45, 7) is 4.70. The largest absolute Gasteiger partial charge is 0.491 e. The number of benzene rings is 1. The Morgan fingerprint density at radius 2 is 1.67 bits per heavy atom. The van der Waals surface area contributed by atoms with E-state index in [2.05, 4.69) is 13.8 Å². The van der Waals surface area contributed by atoms with Crippen LogP contribution in [0.15, 0.2) is 30.3 Å². The first-order chi connectivity index (χ1) is 13.2. The summed E-state index contributed by atoms with van der Waals surface area (Å²) in [5.41, 5.74) is 0. The van der Waals surface area contributed by atoms with Crippen molar-refractivity contribution in [3.05, 3.63) is 30.3 Å². The summed E-state index contributed by atoms with van der Waals surface area (Å²) in [4.78, 5) is 0. The molecule has 27 heavy (non-hydrogen) atoms. The van der Waals surface area contributed by atoms with Crippen molar-refractivity contribution in [2.45, 2.75) is 97.1 Å². The lowest BCUT2D eigenvalue weighted by Crippen LogP contribution is -2.26. The van der Waals surface area contributed by atoms with Crippen LogP contribution >= 0.6 is 0 Å². The molecule has 0 spiro atoms. The van der Waals surface area contributed by atoms with E-state index in [0.29, 0.717) is 12.3 Å². The summed E-state index contributed by atoms with van der Waals surface area (Å²) < 4.78 is 20.1. The molecule has 1 aliphatic rings. The lowest BCUT2D eigenvalue weighted by atomic mass is 9.72. The molecule has 2 rings (SSSR count). The van der Waals surface area contributed by atoms with Gasteiger partial charge in [-0.25, -0.2) is 4.39 Å². The van der Waals surface area contributed by atoms with Gasteiger partial charge < -0.3 is 4.74 Å². The van der Waals surface area contributed by atoms with E-state index in [9.17, 15) is 4.39 Å². The number of unbranched alkanes of at least 4 members (excludes halogenated alkanes) is 4. The van der Waals surface area contributed by atoms with Gasteiger partial charge in [0.2, 0.25) is 0 Å². The van der Waals surface area contributed by atoms with Crippen molar-refractivity contribution in [2.75, 3.05) is 6.61 Å². The smallest absolute Gasteiger partial charge is 0.134 e. The second-order valence-corrected chi connectivity index (χ2v) is 8.61. The van der Waals surface area contributed by atoms with Crippen LogP contribution in [-0.4, -0.2) is 12.8 Å². The molecule has 154 valence electrons. The van der Waals surface area contributed by atoms with Gasteiger partial charge in [-0.05, 0) is 49.1 Å². The van der Waals surface area contributed by atoms with Gasteiger partial charge in [0.1, 0.15) is 18.5 Å². The van der Waals surface area contributed by atoms with E-state index in [1.165, 1.54) is 64.2 Å². The zero-order chi connectivity index (χ0) is 19.3. The predicted octanol–water partition coefficient (Wildman–Crippen LogP) is 7.99. The van der Waals surface area contributed by atoms with Gasteiger partial charge in [0, 0.05) is 0 Å². The van der Waals surface area contributed by atoms with Crippen LogP contribution in [0, 0.1) is 17.8 Å². The summed E-state index contributed by atoms with van der Waals surface area (Å²) in [5.74, 6) is 2.95. The topological polar surface area (TPSA) is 9.23 Å². The van der Waals surface area contributed by atoms with Crippen LogP contribution in [0.2, 0.25) is 0 Å². The molecule has 1 aromatic rings. The molecule has 1 nitrogen and oxygen atoms in total. The summed E-state index contributed by atoms with van der Waals surface area (Å²) in [5, 5.41) is 0. The van der Waals surface area contributed by atoms with Gasteiger partial charge in [-0.1, -0.05) is 89.8 Å². The van der Waals surface area contributed by atoms with E-state index >= 15 is 0 Å². The van der Waals surface area contributed by atoms with Crippen LogP contribution < -0.4 is 4.74 Å². The minimum absolute atomic E-state index is 0.188. The average molecular weight is 377 g/mol. The third-order valence-electron chi connectivity index (χ3n) is 6.53. The molecule has 0 aliphatic heterocycles. The Labute approximate surface area is 167 Å². The van der Waals surface area contributed by atoms with Crippen molar-refractivity contribution < 1.29 is 9.13 Å². The van der Waals surface area contributed by atoms with Gasteiger partial charge in [0.05, 0.1) is 0 Å². The monoisotopic (exact) mass is 376 g/mol. The Morgan fingerprint density at radius 3 is 2.33 bits per heavy atom. The average Bonchev–Trinajstić information content (AvgIpc) is 2.71.